The molecule has 1 aromatic rings. The lowest BCUT2D eigenvalue weighted by molar-refractivity contribution is -0.137. The van der Waals surface area contributed by atoms with E-state index in [9.17, 15) is 13.2 Å². The molecule has 0 atom stereocenters. The van der Waals surface area contributed by atoms with Gasteiger partial charge in [0.15, 0.2) is 0 Å². The van der Waals surface area contributed by atoms with E-state index in [2.05, 4.69) is 0 Å². The van der Waals surface area contributed by atoms with E-state index in [1.807, 2.05) is 6.92 Å². The van der Waals surface area contributed by atoms with Crippen LogP contribution in [0.25, 0.3) is 0 Å². The molecule has 0 unspecified atom stereocenters. The Labute approximate surface area is 105 Å². The van der Waals surface area contributed by atoms with Crippen LogP contribution in [0.5, 0.6) is 0 Å². The Morgan fingerprint density at radius 2 is 2.06 bits per heavy atom. The molecular weight excluding hydrogens is 262 g/mol. The van der Waals surface area contributed by atoms with E-state index in [1.165, 1.54) is 11.3 Å². The van der Waals surface area contributed by atoms with Crippen LogP contribution in [0.15, 0.2) is 11.0 Å². The number of thiophene rings is 1. The van der Waals surface area contributed by atoms with Gasteiger partial charge in [-0.2, -0.15) is 4.31 Å². The lowest BCUT2D eigenvalue weighted by Gasteiger charge is -2.17. The molecule has 0 saturated carbocycles. The Hall–Kier alpha value is -0.920. The van der Waals surface area contributed by atoms with Crippen LogP contribution >= 0.6 is 11.3 Å². The monoisotopic (exact) mass is 277 g/mol. The standard InChI is InChI=1S/C10H15NO4S2/c1-4-11(6-10(12)13)17(14,15)9-5-7(2)16-8(9)3/h5H,4,6H2,1-3H3,(H,12,13). The minimum absolute atomic E-state index is 0.142. The number of carbonyl (C=O) groups is 1. The molecule has 1 rings (SSSR count). The number of sulfonamides is 1. The van der Waals surface area contributed by atoms with Crippen molar-refractivity contribution in [1.82, 2.24) is 4.31 Å². The summed E-state index contributed by atoms with van der Waals surface area (Å²) in [5, 5.41) is 8.70. The smallest absolute Gasteiger partial charge is 0.318 e. The highest BCUT2D eigenvalue weighted by atomic mass is 32.2. The van der Waals surface area contributed by atoms with Crippen molar-refractivity contribution in [2.75, 3.05) is 13.1 Å². The van der Waals surface area contributed by atoms with E-state index in [4.69, 9.17) is 5.11 Å². The second kappa shape index (κ2) is 5.16. The highest BCUT2D eigenvalue weighted by Gasteiger charge is 2.27. The summed E-state index contributed by atoms with van der Waals surface area (Å²) in [6.45, 7) is 4.80. The van der Waals surface area contributed by atoms with Gasteiger partial charge < -0.3 is 5.11 Å². The van der Waals surface area contributed by atoms with Crippen LogP contribution in [0.4, 0.5) is 0 Å². The van der Waals surface area contributed by atoms with Gasteiger partial charge in [-0.3, -0.25) is 4.79 Å². The zero-order valence-electron chi connectivity index (χ0n) is 9.93. The number of aliphatic carboxylic acids is 1. The fourth-order valence-electron chi connectivity index (χ4n) is 1.52. The van der Waals surface area contributed by atoms with Gasteiger partial charge in [-0.25, -0.2) is 8.42 Å². The first-order valence-corrected chi connectivity index (χ1v) is 7.33. The molecular formula is C10H15NO4S2. The molecule has 0 aliphatic heterocycles. The topological polar surface area (TPSA) is 74.7 Å². The van der Waals surface area contributed by atoms with Crippen molar-refractivity contribution in [3.05, 3.63) is 15.8 Å². The lowest BCUT2D eigenvalue weighted by Crippen LogP contribution is -2.35. The third-order valence-corrected chi connectivity index (χ3v) is 5.42. The number of hydrogen-bond acceptors (Lipinski definition) is 4. The number of carboxylic acids is 1. The van der Waals surface area contributed by atoms with Crippen molar-refractivity contribution in [2.24, 2.45) is 0 Å². The van der Waals surface area contributed by atoms with Gasteiger partial charge in [0, 0.05) is 16.3 Å². The molecule has 0 bridgehead atoms. The summed E-state index contributed by atoms with van der Waals surface area (Å²) in [7, 11) is -3.69. The summed E-state index contributed by atoms with van der Waals surface area (Å²) >= 11 is 1.39. The van der Waals surface area contributed by atoms with Gasteiger partial charge in [0.25, 0.3) is 0 Å². The van der Waals surface area contributed by atoms with Gasteiger partial charge in [-0.05, 0) is 19.9 Å². The number of nitrogens with zero attached hydrogens (tertiary/aromatic N) is 1. The molecule has 0 saturated heterocycles. The minimum atomic E-state index is -3.69. The van der Waals surface area contributed by atoms with E-state index < -0.39 is 22.5 Å². The second-order valence-electron chi connectivity index (χ2n) is 3.60. The SMILES string of the molecule is CCN(CC(=O)O)S(=O)(=O)c1cc(C)sc1C. The van der Waals surface area contributed by atoms with Gasteiger partial charge in [0.1, 0.15) is 6.54 Å². The van der Waals surface area contributed by atoms with Crippen LogP contribution < -0.4 is 0 Å². The third kappa shape index (κ3) is 3.05. The fraction of sp³-hybridized carbons (Fsp3) is 0.500. The maximum absolute atomic E-state index is 12.2. The van der Waals surface area contributed by atoms with Crippen molar-refractivity contribution in [2.45, 2.75) is 25.7 Å². The predicted molar refractivity (Wildman–Crippen MR) is 65.9 cm³/mol. The quantitative estimate of drug-likeness (QED) is 0.884. The normalized spacial score (nSPS) is 12.0. The maximum atomic E-state index is 12.2. The summed E-state index contributed by atoms with van der Waals surface area (Å²) in [6.07, 6.45) is 0. The zero-order valence-corrected chi connectivity index (χ0v) is 11.6. The van der Waals surface area contributed by atoms with Gasteiger partial charge in [-0.15, -0.1) is 11.3 Å². The molecule has 1 aromatic heterocycles. The zero-order chi connectivity index (χ0) is 13.2. The molecule has 5 nitrogen and oxygen atoms in total. The van der Waals surface area contributed by atoms with Gasteiger partial charge in [0.2, 0.25) is 10.0 Å². The van der Waals surface area contributed by atoms with Crippen molar-refractivity contribution >= 4 is 27.3 Å². The van der Waals surface area contributed by atoms with Crippen LogP contribution in [0.2, 0.25) is 0 Å². The van der Waals surface area contributed by atoms with Crippen LogP contribution in [0, 0.1) is 13.8 Å². The molecule has 0 fully saturated rings. The first kappa shape index (κ1) is 14.1. The number of likely N-dealkylation sites (N-methyl/N-ethyl adjacent to an activating group) is 1. The van der Waals surface area contributed by atoms with Gasteiger partial charge in [0.05, 0.1) is 4.90 Å². The molecule has 0 amide bonds. The van der Waals surface area contributed by atoms with E-state index in [0.717, 1.165) is 9.18 Å². The molecule has 1 N–H and O–H groups in total. The van der Waals surface area contributed by atoms with Gasteiger partial charge in [-0.1, -0.05) is 6.92 Å². The second-order valence-corrected chi connectivity index (χ2v) is 6.97. The van der Waals surface area contributed by atoms with E-state index >= 15 is 0 Å². The lowest BCUT2D eigenvalue weighted by atomic mass is 10.4. The Kier molecular flexibility index (Phi) is 4.29. The fourth-order valence-corrected chi connectivity index (χ4v) is 4.44. The van der Waals surface area contributed by atoms with Gasteiger partial charge >= 0.3 is 5.97 Å². The summed E-state index contributed by atoms with van der Waals surface area (Å²) < 4.78 is 25.4. The molecule has 0 radical (unpaired) electrons. The number of rotatable bonds is 5. The third-order valence-electron chi connectivity index (χ3n) is 2.28. The molecule has 0 spiro atoms. The Morgan fingerprint density at radius 3 is 2.41 bits per heavy atom. The Morgan fingerprint density at radius 1 is 1.47 bits per heavy atom. The number of carboxylic acid groups (broad SMARTS) is 1. The number of aryl methyl sites for hydroxylation is 2. The first-order valence-electron chi connectivity index (χ1n) is 5.08. The van der Waals surface area contributed by atoms with E-state index in [-0.39, 0.29) is 11.4 Å². The summed E-state index contributed by atoms with van der Waals surface area (Å²) in [5.41, 5.74) is 0. The maximum Gasteiger partial charge on any atom is 0.318 e. The Balaban J connectivity index is 3.17. The summed E-state index contributed by atoms with van der Waals surface area (Å²) in [6, 6.07) is 1.58. The summed E-state index contributed by atoms with van der Waals surface area (Å²) in [4.78, 5) is 12.4. The van der Waals surface area contributed by atoms with Crippen molar-refractivity contribution < 1.29 is 18.3 Å². The van der Waals surface area contributed by atoms with Crippen molar-refractivity contribution in [3.8, 4) is 0 Å². The molecule has 17 heavy (non-hydrogen) atoms. The van der Waals surface area contributed by atoms with Crippen LogP contribution in [-0.4, -0.2) is 36.9 Å². The van der Waals surface area contributed by atoms with Crippen LogP contribution in [0.1, 0.15) is 16.7 Å². The first-order chi connectivity index (χ1) is 7.78. The van der Waals surface area contributed by atoms with E-state index in [1.54, 1.807) is 19.9 Å². The molecule has 0 aliphatic rings. The highest BCUT2D eigenvalue weighted by Crippen LogP contribution is 2.27. The molecule has 1 heterocycles. The molecule has 96 valence electrons. The van der Waals surface area contributed by atoms with Crippen molar-refractivity contribution in [3.63, 3.8) is 0 Å². The minimum Gasteiger partial charge on any atom is -0.480 e. The van der Waals surface area contributed by atoms with Crippen LogP contribution in [0.3, 0.4) is 0 Å². The average Bonchev–Trinajstić information content (AvgIpc) is 2.54. The van der Waals surface area contributed by atoms with E-state index in [0.29, 0.717) is 4.88 Å². The van der Waals surface area contributed by atoms with Crippen LogP contribution in [-0.2, 0) is 14.8 Å². The molecule has 0 aliphatic carbocycles. The average molecular weight is 277 g/mol. The highest BCUT2D eigenvalue weighted by molar-refractivity contribution is 7.89. The Bertz CT molecular complexity index is 518. The predicted octanol–water partition coefficient (Wildman–Crippen LogP) is 1.46. The largest absolute Gasteiger partial charge is 0.480 e. The summed E-state index contributed by atoms with van der Waals surface area (Å²) in [5.74, 6) is -1.15. The molecule has 0 aromatic carbocycles. The number of hydrogen-bond donors (Lipinski definition) is 1. The molecule has 7 heteroatoms. The van der Waals surface area contributed by atoms with Crippen molar-refractivity contribution in [1.29, 1.82) is 0 Å².